The van der Waals surface area contributed by atoms with Crippen LogP contribution in [-0.4, -0.2) is 35.6 Å². The van der Waals surface area contributed by atoms with Crippen molar-refractivity contribution in [3.8, 4) is 22.1 Å². The third-order valence-corrected chi connectivity index (χ3v) is 6.23. The molecule has 0 aliphatic heterocycles. The van der Waals surface area contributed by atoms with Crippen LogP contribution >= 0.6 is 23.1 Å². The molecule has 0 saturated heterocycles. The molecule has 0 spiro atoms. The van der Waals surface area contributed by atoms with E-state index in [1.165, 1.54) is 23.1 Å². The first-order valence-electron chi connectivity index (χ1n) is 8.73. The number of nitrogens with one attached hydrogen (secondary N) is 1. The zero-order valence-electron chi connectivity index (χ0n) is 15.8. The van der Waals surface area contributed by atoms with Gasteiger partial charge in [0.15, 0.2) is 5.01 Å². The van der Waals surface area contributed by atoms with Crippen molar-refractivity contribution < 1.29 is 14.3 Å². The Morgan fingerprint density at radius 1 is 1.14 bits per heavy atom. The van der Waals surface area contributed by atoms with Crippen LogP contribution in [0.1, 0.15) is 13.3 Å². The second kappa shape index (κ2) is 9.57. The molecule has 1 aromatic heterocycles. The molecule has 28 heavy (non-hydrogen) atoms. The zero-order valence-corrected chi connectivity index (χ0v) is 17.5. The van der Waals surface area contributed by atoms with E-state index >= 15 is 0 Å². The molecule has 2 aromatic carbocycles. The van der Waals surface area contributed by atoms with E-state index in [2.05, 4.69) is 15.5 Å². The monoisotopic (exact) mass is 415 g/mol. The Kier molecular flexibility index (Phi) is 6.89. The first-order chi connectivity index (χ1) is 13.6. The van der Waals surface area contributed by atoms with E-state index < -0.39 is 0 Å². The molecule has 0 aliphatic carbocycles. The van der Waals surface area contributed by atoms with Crippen LogP contribution in [0.2, 0.25) is 0 Å². The number of methoxy groups -OCH3 is 2. The second-order valence-corrected chi connectivity index (χ2v) is 8.05. The van der Waals surface area contributed by atoms with E-state index in [9.17, 15) is 4.79 Å². The van der Waals surface area contributed by atoms with E-state index in [0.717, 1.165) is 10.5 Å². The highest BCUT2D eigenvalue weighted by atomic mass is 32.2. The largest absolute Gasteiger partial charge is 0.497 e. The summed E-state index contributed by atoms with van der Waals surface area (Å²) in [5, 5.41) is 12.1. The predicted molar refractivity (Wildman–Crippen MR) is 113 cm³/mol. The number of benzene rings is 2. The molecule has 1 N–H and O–H groups in total. The number of aromatic nitrogens is 2. The minimum absolute atomic E-state index is 0.0864. The fourth-order valence-electron chi connectivity index (χ4n) is 2.54. The first kappa shape index (κ1) is 20.2. The van der Waals surface area contributed by atoms with Gasteiger partial charge in [0.05, 0.1) is 25.0 Å². The zero-order chi connectivity index (χ0) is 19.9. The summed E-state index contributed by atoms with van der Waals surface area (Å²) in [5.41, 5.74) is 0.769. The Bertz CT molecular complexity index is 931. The Morgan fingerprint density at radius 3 is 2.61 bits per heavy atom. The molecule has 1 amide bonds. The van der Waals surface area contributed by atoms with E-state index in [1.807, 2.05) is 55.5 Å². The third-order valence-electron chi connectivity index (χ3n) is 3.98. The van der Waals surface area contributed by atoms with Gasteiger partial charge in [0, 0.05) is 4.90 Å². The molecule has 0 fully saturated rings. The lowest BCUT2D eigenvalue weighted by molar-refractivity contribution is -0.115. The van der Waals surface area contributed by atoms with Crippen LogP contribution in [0, 0.1) is 0 Å². The fraction of sp³-hybridized carbons (Fsp3) is 0.250. The molecular formula is C20H21N3O3S2. The summed E-state index contributed by atoms with van der Waals surface area (Å²) in [5.74, 6) is 1.28. The highest BCUT2D eigenvalue weighted by molar-refractivity contribution is 8.00. The Balaban J connectivity index is 1.74. The molecule has 3 rings (SSSR count). The van der Waals surface area contributed by atoms with Crippen molar-refractivity contribution in [3.05, 3.63) is 48.5 Å². The number of carbonyl (C=O) groups excluding carboxylic acids is 1. The van der Waals surface area contributed by atoms with E-state index in [0.29, 0.717) is 28.1 Å². The highest BCUT2D eigenvalue weighted by Gasteiger charge is 2.20. The minimum Gasteiger partial charge on any atom is -0.497 e. The number of ether oxygens (including phenoxy) is 2. The Morgan fingerprint density at radius 2 is 1.93 bits per heavy atom. The van der Waals surface area contributed by atoms with Gasteiger partial charge in [-0.25, -0.2) is 0 Å². The summed E-state index contributed by atoms with van der Waals surface area (Å²) in [6, 6.07) is 15.4. The summed E-state index contributed by atoms with van der Waals surface area (Å²) in [4.78, 5) is 13.7. The number of anilines is 1. The smallest absolute Gasteiger partial charge is 0.239 e. The Labute approximate surface area is 172 Å². The standard InChI is InChI=1S/C20H21N3O3S2/c1-4-17(27-14-8-6-5-7-9-14)18(24)21-20-23-22-19(28-20)15-12-13(25-2)10-11-16(15)26-3/h5-12,17H,4H2,1-3H3,(H,21,23,24). The highest BCUT2D eigenvalue weighted by Crippen LogP contribution is 2.36. The number of amides is 1. The number of rotatable bonds is 8. The van der Waals surface area contributed by atoms with E-state index in [4.69, 9.17) is 9.47 Å². The normalized spacial score (nSPS) is 11.7. The molecule has 0 radical (unpaired) electrons. The molecule has 8 heteroatoms. The van der Waals surface area contributed by atoms with Crippen LogP contribution in [0.5, 0.6) is 11.5 Å². The van der Waals surface area contributed by atoms with Crippen LogP contribution in [-0.2, 0) is 4.79 Å². The molecule has 3 aromatic rings. The molecule has 0 bridgehead atoms. The van der Waals surface area contributed by atoms with Gasteiger partial charge in [0.25, 0.3) is 0 Å². The van der Waals surface area contributed by atoms with Crippen molar-refractivity contribution in [3.63, 3.8) is 0 Å². The molecule has 0 saturated carbocycles. The summed E-state index contributed by atoms with van der Waals surface area (Å²) in [6.45, 7) is 1.99. The molecule has 6 nitrogen and oxygen atoms in total. The third kappa shape index (κ3) is 4.82. The van der Waals surface area contributed by atoms with Gasteiger partial charge in [0.2, 0.25) is 11.0 Å². The van der Waals surface area contributed by atoms with Gasteiger partial charge >= 0.3 is 0 Å². The summed E-state index contributed by atoms with van der Waals surface area (Å²) in [6.07, 6.45) is 0.709. The van der Waals surface area contributed by atoms with Gasteiger partial charge in [-0.05, 0) is 36.8 Å². The predicted octanol–water partition coefficient (Wildman–Crippen LogP) is 4.73. The topological polar surface area (TPSA) is 73.3 Å². The van der Waals surface area contributed by atoms with E-state index in [-0.39, 0.29) is 11.2 Å². The van der Waals surface area contributed by atoms with Gasteiger partial charge in [-0.3, -0.25) is 10.1 Å². The van der Waals surface area contributed by atoms with Crippen LogP contribution in [0.3, 0.4) is 0 Å². The number of carbonyl (C=O) groups is 1. The fourth-order valence-corrected chi connectivity index (χ4v) is 4.28. The van der Waals surface area contributed by atoms with Crippen LogP contribution in [0.15, 0.2) is 53.4 Å². The van der Waals surface area contributed by atoms with Crippen molar-refractivity contribution in [2.75, 3.05) is 19.5 Å². The second-order valence-electron chi connectivity index (χ2n) is 5.80. The van der Waals surface area contributed by atoms with Gasteiger partial charge in [0.1, 0.15) is 11.5 Å². The molecule has 146 valence electrons. The van der Waals surface area contributed by atoms with Gasteiger partial charge in [-0.15, -0.1) is 22.0 Å². The number of nitrogens with zero attached hydrogens (tertiary/aromatic N) is 2. The average Bonchev–Trinajstić information content (AvgIpc) is 3.20. The lowest BCUT2D eigenvalue weighted by atomic mass is 10.2. The maximum Gasteiger partial charge on any atom is 0.239 e. The number of hydrogen-bond acceptors (Lipinski definition) is 7. The summed E-state index contributed by atoms with van der Waals surface area (Å²) >= 11 is 2.84. The lowest BCUT2D eigenvalue weighted by Gasteiger charge is -2.13. The summed E-state index contributed by atoms with van der Waals surface area (Å²) in [7, 11) is 3.20. The number of hydrogen-bond donors (Lipinski definition) is 1. The van der Waals surface area contributed by atoms with Crippen molar-refractivity contribution in [1.82, 2.24) is 10.2 Å². The SMILES string of the molecule is CCC(Sc1ccccc1)C(=O)Nc1nnc(-c2cc(OC)ccc2OC)s1. The maximum absolute atomic E-state index is 12.7. The first-order valence-corrected chi connectivity index (χ1v) is 10.4. The van der Waals surface area contributed by atoms with Crippen molar-refractivity contribution >= 4 is 34.1 Å². The minimum atomic E-state index is -0.207. The quantitative estimate of drug-likeness (QED) is 0.536. The van der Waals surface area contributed by atoms with Gasteiger partial charge in [-0.2, -0.15) is 0 Å². The summed E-state index contributed by atoms with van der Waals surface area (Å²) < 4.78 is 10.7. The average molecular weight is 416 g/mol. The lowest BCUT2D eigenvalue weighted by Crippen LogP contribution is -2.24. The molecule has 1 heterocycles. The van der Waals surface area contributed by atoms with Crippen molar-refractivity contribution in [2.24, 2.45) is 0 Å². The van der Waals surface area contributed by atoms with Gasteiger partial charge < -0.3 is 9.47 Å². The maximum atomic E-state index is 12.7. The Hall–Kier alpha value is -2.58. The molecule has 1 atom stereocenters. The van der Waals surface area contributed by atoms with Crippen LogP contribution in [0.4, 0.5) is 5.13 Å². The molecule has 0 aliphatic rings. The van der Waals surface area contributed by atoms with Crippen LogP contribution < -0.4 is 14.8 Å². The number of thioether (sulfide) groups is 1. The molecular weight excluding hydrogens is 394 g/mol. The molecule has 1 unspecified atom stereocenters. The van der Waals surface area contributed by atoms with E-state index in [1.54, 1.807) is 14.2 Å². The van der Waals surface area contributed by atoms with Crippen LogP contribution in [0.25, 0.3) is 10.6 Å². The van der Waals surface area contributed by atoms with Gasteiger partial charge in [-0.1, -0.05) is 36.5 Å². The van der Waals surface area contributed by atoms with Crippen molar-refractivity contribution in [1.29, 1.82) is 0 Å². The van der Waals surface area contributed by atoms with Crippen molar-refractivity contribution in [2.45, 2.75) is 23.5 Å².